The summed E-state index contributed by atoms with van der Waals surface area (Å²) in [5.41, 5.74) is 4.76. The smallest absolute Gasteiger partial charge is 0.257 e. The third-order valence-electron chi connectivity index (χ3n) is 4.84. The van der Waals surface area contributed by atoms with E-state index < -0.39 is 0 Å². The van der Waals surface area contributed by atoms with E-state index in [4.69, 9.17) is 0 Å². The van der Waals surface area contributed by atoms with Crippen molar-refractivity contribution in [1.29, 1.82) is 0 Å². The number of aryl methyl sites for hydroxylation is 2. The first-order valence-corrected chi connectivity index (χ1v) is 9.31. The highest BCUT2D eigenvalue weighted by atomic mass is 16.1. The maximum absolute atomic E-state index is 12.8. The van der Waals surface area contributed by atoms with Crippen molar-refractivity contribution in [3.05, 3.63) is 71.8 Å². The van der Waals surface area contributed by atoms with E-state index >= 15 is 0 Å². The van der Waals surface area contributed by atoms with Crippen LogP contribution in [0.25, 0.3) is 16.9 Å². The Labute approximate surface area is 163 Å². The minimum absolute atomic E-state index is 0.114. The first-order valence-electron chi connectivity index (χ1n) is 9.31. The van der Waals surface area contributed by atoms with Gasteiger partial charge in [0.1, 0.15) is 5.56 Å². The molecule has 0 aliphatic carbocycles. The zero-order chi connectivity index (χ0) is 19.7. The lowest BCUT2D eigenvalue weighted by atomic mass is 10.1. The van der Waals surface area contributed by atoms with Gasteiger partial charge in [-0.2, -0.15) is 10.2 Å². The second-order valence-electron chi connectivity index (χ2n) is 6.71. The van der Waals surface area contributed by atoms with Crippen molar-refractivity contribution in [1.82, 2.24) is 29.7 Å². The van der Waals surface area contributed by atoms with Crippen LogP contribution in [0.5, 0.6) is 0 Å². The third kappa shape index (κ3) is 3.15. The van der Waals surface area contributed by atoms with Crippen molar-refractivity contribution in [3.63, 3.8) is 0 Å². The molecule has 1 unspecified atom stereocenters. The minimum Gasteiger partial charge on any atom is -0.345 e. The fourth-order valence-corrected chi connectivity index (χ4v) is 3.29. The Hall–Kier alpha value is -3.48. The van der Waals surface area contributed by atoms with Crippen LogP contribution in [-0.4, -0.2) is 30.3 Å². The van der Waals surface area contributed by atoms with Gasteiger partial charge < -0.3 is 5.32 Å². The SMILES string of the molecule is CCn1cc(-c2ccnc3c(C(=O)NC(C)c4ccccc4)cnn23)c(C)n1. The van der Waals surface area contributed by atoms with Gasteiger partial charge in [-0.3, -0.25) is 9.48 Å². The number of hydrogen-bond donors (Lipinski definition) is 1. The Balaban J connectivity index is 1.68. The number of fused-ring (bicyclic) bond motifs is 1. The van der Waals surface area contributed by atoms with Crippen LogP contribution >= 0.6 is 0 Å². The average molecular weight is 374 g/mol. The molecule has 1 N–H and O–H groups in total. The van der Waals surface area contributed by atoms with Gasteiger partial charge >= 0.3 is 0 Å². The molecule has 0 bridgehead atoms. The Bertz CT molecular complexity index is 1130. The molecule has 7 heteroatoms. The molecule has 0 aliphatic rings. The second kappa shape index (κ2) is 7.26. The summed E-state index contributed by atoms with van der Waals surface area (Å²) < 4.78 is 3.59. The van der Waals surface area contributed by atoms with Gasteiger partial charge in [-0.05, 0) is 32.4 Å². The molecule has 0 spiro atoms. The minimum atomic E-state index is -0.197. The summed E-state index contributed by atoms with van der Waals surface area (Å²) in [5.74, 6) is -0.197. The van der Waals surface area contributed by atoms with Crippen LogP contribution in [0.15, 0.2) is 55.0 Å². The molecule has 0 fully saturated rings. The summed E-state index contributed by atoms with van der Waals surface area (Å²) in [7, 11) is 0. The van der Waals surface area contributed by atoms with E-state index in [0.29, 0.717) is 11.2 Å². The van der Waals surface area contributed by atoms with E-state index in [2.05, 4.69) is 20.5 Å². The molecule has 4 rings (SSSR count). The fraction of sp³-hybridized carbons (Fsp3) is 0.238. The van der Waals surface area contributed by atoms with Crippen molar-refractivity contribution >= 4 is 11.6 Å². The molecule has 4 aromatic rings. The quantitative estimate of drug-likeness (QED) is 0.581. The molecule has 3 aromatic heterocycles. The summed E-state index contributed by atoms with van der Waals surface area (Å²) >= 11 is 0. The maximum Gasteiger partial charge on any atom is 0.257 e. The van der Waals surface area contributed by atoms with Crippen LogP contribution < -0.4 is 5.32 Å². The number of hydrogen-bond acceptors (Lipinski definition) is 4. The van der Waals surface area contributed by atoms with Gasteiger partial charge in [0.05, 0.1) is 23.6 Å². The van der Waals surface area contributed by atoms with Crippen LogP contribution in [0.3, 0.4) is 0 Å². The first kappa shape index (κ1) is 17.9. The maximum atomic E-state index is 12.8. The summed E-state index contributed by atoms with van der Waals surface area (Å²) in [5, 5.41) is 12.0. The lowest BCUT2D eigenvalue weighted by molar-refractivity contribution is 0.0941. The van der Waals surface area contributed by atoms with Crippen LogP contribution in [0.2, 0.25) is 0 Å². The second-order valence-corrected chi connectivity index (χ2v) is 6.71. The zero-order valence-corrected chi connectivity index (χ0v) is 16.1. The van der Waals surface area contributed by atoms with E-state index in [1.807, 2.05) is 68.0 Å². The zero-order valence-electron chi connectivity index (χ0n) is 16.1. The van der Waals surface area contributed by atoms with Gasteiger partial charge in [-0.25, -0.2) is 9.50 Å². The predicted molar refractivity (Wildman–Crippen MR) is 107 cm³/mol. The van der Waals surface area contributed by atoms with Crippen LogP contribution in [-0.2, 0) is 6.54 Å². The number of nitrogens with zero attached hydrogens (tertiary/aromatic N) is 5. The van der Waals surface area contributed by atoms with Gasteiger partial charge in [0.25, 0.3) is 5.91 Å². The molecule has 142 valence electrons. The Morgan fingerprint density at radius 2 is 2.00 bits per heavy atom. The standard InChI is InChI=1S/C21H22N6O/c1-4-26-13-18(15(3)25-26)19-10-11-22-20-17(12-23-27(19)20)21(28)24-14(2)16-8-6-5-7-9-16/h5-14H,4H2,1-3H3,(H,24,28). The van der Waals surface area contributed by atoms with Crippen molar-refractivity contribution < 1.29 is 4.79 Å². The van der Waals surface area contributed by atoms with Crippen molar-refractivity contribution in [2.24, 2.45) is 0 Å². The number of benzene rings is 1. The number of aromatic nitrogens is 5. The van der Waals surface area contributed by atoms with Crippen molar-refractivity contribution in [2.75, 3.05) is 0 Å². The number of carbonyl (C=O) groups is 1. The number of rotatable bonds is 5. The largest absolute Gasteiger partial charge is 0.345 e. The monoisotopic (exact) mass is 374 g/mol. The molecule has 0 saturated heterocycles. The van der Waals surface area contributed by atoms with E-state index in [1.165, 1.54) is 0 Å². The van der Waals surface area contributed by atoms with Crippen LogP contribution in [0, 0.1) is 6.92 Å². The van der Waals surface area contributed by atoms with Gasteiger partial charge in [0.15, 0.2) is 5.65 Å². The summed E-state index contributed by atoms with van der Waals surface area (Å²) in [6, 6.07) is 11.6. The molecule has 0 aliphatic heterocycles. The summed E-state index contributed by atoms with van der Waals surface area (Å²) in [6.45, 7) is 6.76. The molecule has 3 heterocycles. The Morgan fingerprint density at radius 1 is 1.21 bits per heavy atom. The van der Waals surface area contributed by atoms with Crippen LogP contribution in [0.1, 0.15) is 41.5 Å². The summed E-state index contributed by atoms with van der Waals surface area (Å²) in [4.78, 5) is 17.2. The lowest BCUT2D eigenvalue weighted by Crippen LogP contribution is -2.26. The Kier molecular flexibility index (Phi) is 4.65. The van der Waals surface area contributed by atoms with Gasteiger partial charge in [0, 0.05) is 24.5 Å². The molecule has 28 heavy (non-hydrogen) atoms. The molecular formula is C21H22N6O. The van der Waals surface area contributed by atoms with Crippen LogP contribution in [0.4, 0.5) is 0 Å². The van der Waals surface area contributed by atoms with E-state index in [9.17, 15) is 4.79 Å². The van der Waals surface area contributed by atoms with Crippen molar-refractivity contribution in [2.45, 2.75) is 33.4 Å². The normalized spacial score (nSPS) is 12.2. The molecule has 1 atom stereocenters. The topological polar surface area (TPSA) is 77.1 Å². The van der Waals surface area contributed by atoms with Gasteiger partial charge in [-0.1, -0.05) is 30.3 Å². The molecule has 0 saturated carbocycles. The lowest BCUT2D eigenvalue weighted by Gasteiger charge is -2.13. The van der Waals surface area contributed by atoms with E-state index in [1.54, 1.807) is 16.9 Å². The van der Waals surface area contributed by atoms with E-state index in [0.717, 1.165) is 29.1 Å². The highest BCUT2D eigenvalue weighted by Crippen LogP contribution is 2.24. The van der Waals surface area contributed by atoms with Gasteiger partial charge in [0.2, 0.25) is 0 Å². The highest BCUT2D eigenvalue weighted by Gasteiger charge is 2.19. The summed E-state index contributed by atoms with van der Waals surface area (Å²) in [6.07, 6.45) is 5.26. The number of carbonyl (C=O) groups excluding carboxylic acids is 1. The fourth-order valence-electron chi connectivity index (χ4n) is 3.29. The molecular weight excluding hydrogens is 352 g/mol. The number of nitrogens with one attached hydrogen (secondary N) is 1. The van der Waals surface area contributed by atoms with Gasteiger partial charge in [-0.15, -0.1) is 0 Å². The predicted octanol–water partition coefficient (Wildman–Crippen LogP) is 3.41. The molecule has 0 radical (unpaired) electrons. The average Bonchev–Trinajstić information content (AvgIpc) is 3.32. The van der Waals surface area contributed by atoms with E-state index in [-0.39, 0.29) is 11.9 Å². The Morgan fingerprint density at radius 3 is 2.71 bits per heavy atom. The molecule has 1 aromatic carbocycles. The number of amides is 1. The molecule has 7 nitrogen and oxygen atoms in total. The highest BCUT2D eigenvalue weighted by molar-refractivity contribution is 6.00. The third-order valence-corrected chi connectivity index (χ3v) is 4.84. The van der Waals surface area contributed by atoms with Crippen molar-refractivity contribution in [3.8, 4) is 11.3 Å². The molecule has 1 amide bonds. The first-order chi connectivity index (χ1) is 13.6.